The van der Waals surface area contributed by atoms with E-state index < -0.39 is 5.97 Å². The quantitative estimate of drug-likeness (QED) is 0.657. The molecule has 0 aliphatic heterocycles. The lowest BCUT2D eigenvalue weighted by Crippen LogP contribution is -2.10. The van der Waals surface area contributed by atoms with Crippen molar-refractivity contribution in [3.8, 4) is 11.5 Å². The molecule has 0 unspecified atom stereocenters. The van der Waals surface area contributed by atoms with E-state index in [9.17, 15) is 9.90 Å². The van der Waals surface area contributed by atoms with Crippen molar-refractivity contribution in [3.63, 3.8) is 0 Å². The van der Waals surface area contributed by atoms with Crippen LogP contribution < -0.4 is 4.74 Å². The van der Waals surface area contributed by atoms with E-state index in [0.717, 1.165) is 5.56 Å². The summed E-state index contributed by atoms with van der Waals surface area (Å²) in [6, 6.07) is 13.1. The number of aromatic hydroxyl groups is 1. The van der Waals surface area contributed by atoms with Crippen molar-refractivity contribution in [2.24, 2.45) is 0 Å². The number of aryl methyl sites for hydroxylation is 1. The zero-order chi connectivity index (χ0) is 18.0. The molecule has 5 nitrogen and oxygen atoms in total. The minimum atomic E-state index is -0.588. The molecule has 1 aromatic heterocycles. The number of halogens is 1. The van der Waals surface area contributed by atoms with Crippen LogP contribution in [0, 0.1) is 6.92 Å². The third kappa shape index (κ3) is 3.30. The number of phenols is 1. The van der Waals surface area contributed by atoms with Crippen molar-refractivity contribution in [2.75, 3.05) is 7.11 Å². The monoisotopic (exact) mass is 401 g/mol. The number of phenolic OH excluding ortho intramolecular Hbond substituents is 1. The third-order valence-electron chi connectivity index (χ3n) is 3.83. The van der Waals surface area contributed by atoms with Crippen molar-refractivity contribution < 1.29 is 19.4 Å². The van der Waals surface area contributed by atoms with Crippen LogP contribution in [0.1, 0.15) is 21.7 Å². The second-order valence-electron chi connectivity index (χ2n) is 5.46. The second kappa shape index (κ2) is 7.11. The van der Waals surface area contributed by atoms with Crippen molar-refractivity contribution in [1.29, 1.82) is 0 Å². The lowest BCUT2D eigenvalue weighted by molar-refractivity contribution is 0.0588. The Morgan fingerprint density at radius 3 is 2.60 bits per heavy atom. The summed E-state index contributed by atoms with van der Waals surface area (Å²) in [5.41, 5.74) is 1.56. The van der Waals surface area contributed by atoms with E-state index >= 15 is 0 Å². The van der Waals surface area contributed by atoms with E-state index in [4.69, 9.17) is 9.47 Å². The average Bonchev–Trinajstić information content (AvgIpc) is 2.63. The Hall–Kier alpha value is -2.60. The van der Waals surface area contributed by atoms with Gasteiger partial charge in [0.2, 0.25) is 0 Å². The van der Waals surface area contributed by atoms with E-state index in [1.54, 1.807) is 19.1 Å². The maximum Gasteiger partial charge on any atom is 0.360 e. The number of methoxy groups -OCH3 is 1. The fourth-order valence-corrected chi connectivity index (χ4v) is 2.96. The van der Waals surface area contributed by atoms with Crippen LogP contribution in [0.2, 0.25) is 0 Å². The smallest absolute Gasteiger partial charge is 0.360 e. The first kappa shape index (κ1) is 17.2. The molecule has 3 aromatic rings. The predicted molar refractivity (Wildman–Crippen MR) is 98.0 cm³/mol. The molecule has 128 valence electrons. The molecule has 0 aliphatic carbocycles. The Balaban J connectivity index is 2.17. The van der Waals surface area contributed by atoms with Crippen molar-refractivity contribution >= 4 is 32.7 Å². The zero-order valence-corrected chi connectivity index (χ0v) is 15.3. The number of ether oxygens (including phenoxy) is 2. The summed E-state index contributed by atoms with van der Waals surface area (Å²) in [5.74, 6) is -0.238. The van der Waals surface area contributed by atoms with Crippen molar-refractivity contribution in [3.05, 3.63) is 63.9 Å². The number of rotatable bonds is 4. The summed E-state index contributed by atoms with van der Waals surface area (Å²) in [7, 11) is 1.30. The van der Waals surface area contributed by atoms with Gasteiger partial charge in [-0.25, -0.2) is 9.78 Å². The Labute approximate surface area is 153 Å². The topological polar surface area (TPSA) is 68.7 Å². The highest BCUT2D eigenvalue weighted by molar-refractivity contribution is 9.10. The lowest BCUT2D eigenvalue weighted by atomic mass is 10.1. The van der Waals surface area contributed by atoms with Gasteiger partial charge in [0.15, 0.2) is 11.4 Å². The minimum Gasteiger partial charge on any atom is -0.506 e. The van der Waals surface area contributed by atoms with E-state index in [0.29, 0.717) is 26.7 Å². The first-order chi connectivity index (χ1) is 12.0. The van der Waals surface area contributed by atoms with Gasteiger partial charge in [-0.2, -0.15) is 0 Å². The predicted octanol–water partition coefficient (Wildman–Crippen LogP) is 4.38. The second-order valence-corrected chi connectivity index (χ2v) is 6.31. The first-order valence-electron chi connectivity index (χ1n) is 7.59. The number of pyridine rings is 1. The number of fused-ring (bicyclic) bond motifs is 1. The molecular weight excluding hydrogens is 386 g/mol. The molecule has 0 fully saturated rings. The van der Waals surface area contributed by atoms with Gasteiger partial charge in [-0.15, -0.1) is 0 Å². The summed E-state index contributed by atoms with van der Waals surface area (Å²) in [5, 5.41) is 11.5. The summed E-state index contributed by atoms with van der Waals surface area (Å²) >= 11 is 3.30. The van der Waals surface area contributed by atoms with Crippen LogP contribution in [-0.4, -0.2) is 23.2 Å². The number of esters is 1. The molecule has 0 saturated heterocycles. The molecule has 0 bridgehead atoms. The number of nitrogens with zero attached hydrogens (tertiary/aromatic N) is 1. The van der Waals surface area contributed by atoms with E-state index in [2.05, 4.69) is 20.9 Å². The zero-order valence-electron chi connectivity index (χ0n) is 13.7. The standard InChI is InChI=1S/C19H16BrNO4/c1-11-15-13(8-9-14(20)17(15)22)18(16(21-11)19(23)24-2)25-10-12-6-4-3-5-7-12/h3-9,22H,10H2,1-2H3. The fraction of sp³-hybridized carbons (Fsp3) is 0.158. The number of carbonyl (C=O) groups excluding carboxylic acids is 1. The van der Waals surface area contributed by atoms with Crippen LogP contribution in [0.3, 0.4) is 0 Å². The molecule has 0 saturated carbocycles. The van der Waals surface area contributed by atoms with Crippen molar-refractivity contribution in [1.82, 2.24) is 4.98 Å². The third-order valence-corrected chi connectivity index (χ3v) is 4.47. The van der Waals surface area contributed by atoms with Crippen LogP contribution in [0.15, 0.2) is 46.9 Å². The largest absolute Gasteiger partial charge is 0.506 e. The molecule has 0 spiro atoms. The molecule has 0 amide bonds. The highest BCUT2D eigenvalue weighted by atomic mass is 79.9. The molecule has 1 heterocycles. The van der Waals surface area contributed by atoms with Gasteiger partial charge in [0.1, 0.15) is 12.4 Å². The molecule has 6 heteroatoms. The van der Waals surface area contributed by atoms with Gasteiger partial charge in [0.25, 0.3) is 0 Å². The van der Waals surface area contributed by atoms with E-state index in [1.165, 1.54) is 7.11 Å². The number of carbonyl (C=O) groups is 1. The van der Waals surface area contributed by atoms with Crippen LogP contribution in [0.5, 0.6) is 11.5 Å². The Kier molecular flexibility index (Phi) is 4.90. The molecule has 3 rings (SSSR count). The Morgan fingerprint density at radius 2 is 1.92 bits per heavy atom. The molecule has 2 aromatic carbocycles. The molecule has 25 heavy (non-hydrogen) atoms. The number of hydrogen-bond donors (Lipinski definition) is 1. The molecule has 1 N–H and O–H groups in total. The van der Waals surface area contributed by atoms with Crippen LogP contribution >= 0.6 is 15.9 Å². The van der Waals surface area contributed by atoms with Gasteiger partial charge < -0.3 is 14.6 Å². The summed E-state index contributed by atoms with van der Waals surface area (Å²) in [6.07, 6.45) is 0. The summed E-state index contributed by atoms with van der Waals surface area (Å²) < 4.78 is 11.3. The summed E-state index contributed by atoms with van der Waals surface area (Å²) in [4.78, 5) is 16.5. The van der Waals surface area contributed by atoms with Gasteiger partial charge in [0, 0.05) is 10.8 Å². The highest BCUT2D eigenvalue weighted by Crippen LogP contribution is 2.40. The van der Waals surface area contributed by atoms with Gasteiger partial charge >= 0.3 is 5.97 Å². The molecule has 0 aliphatic rings. The van der Waals surface area contributed by atoms with Crippen LogP contribution in [-0.2, 0) is 11.3 Å². The van der Waals surface area contributed by atoms with Gasteiger partial charge in [-0.05, 0) is 40.5 Å². The number of hydrogen-bond acceptors (Lipinski definition) is 5. The summed E-state index contributed by atoms with van der Waals surface area (Å²) in [6.45, 7) is 1.99. The number of aromatic nitrogens is 1. The van der Waals surface area contributed by atoms with Crippen molar-refractivity contribution in [2.45, 2.75) is 13.5 Å². The Bertz CT molecular complexity index is 941. The first-order valence-corrected chi connectivity index (χ1v) is 8.39. The van der Waals surface area contributed by atoms with E-state index in [1.807, 2.05) is 30.3 Å². The molecular formula is C19H16BrNO4. The van der Waals surface area contributed by atoms with E-state index in [-0.39, 0.29) is 18.1 Å². The minimum absolute atomic E-state index is 0.0588. The maximum atomic E-state index is 12.2. The average molecular weight is 402 g/mol. The fourth-order valence-electron chi connectivity index (χ4n) is 2.63. The van der Waals surface area contributed by atoms with Crippen LogP contribution in [0.4, 0.5) is 0 Å². The highest BCUT2D eigenvalue weighted by Gasteiger charge is 2.22. The SMILES string of the molecule is COC(=O)c1nc(C)c2c(O)c(Br)ccc2c1OCc1ccccc1. The van der Waals surface area contributed by atoms with Crippen LogP contribution in [0.25, 0.3) is 10.8 Å². The maximum absolute atomic E-state index is 12.2. The number of benzene rings is 2. The normalized spacial score (nSPS) is 10.7. The molecule has 0 radical (unpaired) electrons. The molecule has 0 atom stereocenters. The Morgan fingerprint density at radius 1 is 1.20 bits per heavy atom. The van der Waals surface area contributed by atoms with Gasteiger partial charge in [-0.3, -0.25) is 0 Å². The van der Waals surface area contributed by atoms with Gasteiger partial charge in [-0.1, -0.05) is 30.3 Å². The van der Waals surface area contributed by atoms with Gasteiger partial charge in [0.05, 0.1) is 17.3 Å². The lowest BCUT2D eigenvalue weighted by Gasteiger charge is -2.15.